The summed E-state index contributed by atoms with van der Waals surface area (Å²) < 4.78 is 15.4. The molecule has 0 amide bonds. The lowest BCUT2D eigenvalue weighted by atomic mass is 10.0. The van der Waals surface area contributed by atoms with Crippen LogP contribution in [0.5, 0.6) is 5.75 Å². The molecule has 5 nitrogen and oxygen atoms in total. The van der Waals surface area contributed by atoms with Gasteiger partial charge in [0, 0.05) is 12.8 Å². The van der Waals surface area contributed by atoms with Crippen molar-refractivity contribution in [3.8, 4) is 5.75 Å². The molecule has 0 aliphatic rings. The van der Waals surface area contributed by atoms with Crippen molar-refractivity contribution in [1.82, 2.24) is 0 Å². The molecule has 23 heavy (non-hydrogen) atoms. The van der Waals surface area contributed by atoms with Crippen LogP contribution in [0.2, 0.25) is 0 Å². The zero-order chi connectivity index (χ0) is 16.7. The number of methoxy groups -OCH3 is 3. The lowest BCUT2D eigenvalue weighted by Crippen LogP contribution is -2.35. The van der Waals surface area contributed by atoms with E-state index in [2.05, 4.69) is 5.32 Å². The molecule has 0 radical (unpaired) electrons. The second kappa shape index (κ2) is 8.19. The molecule has 0 unspecified atom stereocenters. The zero-order valence-electron chi connectivity index (χ0n) is 13.5. The average molecular weight is 315 g/mol. The summed E-state index contributed by atoms with van der Waals surface area (Å²) in [7, 11) is 4.46. The summed E-state index contributed by atoms with van der Waals surface area (Å²) in [4.78, 5) is 12.0. The highest BCUT2D eigenvalue weighted by atomic mass is 16.6. The second-order valence-electron chi connectivity index (χ2n) is 4.94. The van der Waals surface area contributed by atoms with E-state index in [0.717, 1.165) is 17.0 Å². The molecule has 0 aliphatic heterocycles. The fourth-order valence-electron chi connectivity index (χ4n) is 2.35. The van der Waals surface area contributed by atoms with E-state index < -0.39 is 12.1 Å². The molecule has 0 spiro atoms. The Bertz CT molecular complexity index is 613. The van der Waals surface area contributed by atoms with Gasteiger partial charge in [0.15, 0.2) is 6.10 Å². The Kier molecular flexibility index (Phi) is 6.00. The molecule has 1 N–H and O–H groups in total. The Hall–Kier alpha value is -2.53. The molecule has 0 bridgehead atoms. The van der Waals surface area contributed by atoms with E-state index >= 15 is 0 Å². The molecule has 2 aromatic carbocycles. The molecule has 0 aliphatic carbocycles. The molecule has 122 valence electrons. The molecule has 0 heterocycles. The Balaban J connectivity index is 2.30. The number of ether oxygens (including phenoxy) is 3. The van der Waals surface area contributed by atoms with E-state index in [-0.39, 0.29) is 6.04 Å². The number of anilines is 1. The van der Waals surface area contributed by atoms with Gasteiger partial charge in [-0.1, -0.05) is 30.3 Å². The van der Waals surface area contributed by atoms with Crippen LogP contribution in [0.15, 0.2) is 54.6 Å². The van der Waals surface area contributed by atoms with E-state index in [4.69, 9.17) is 14.2 Å². The van der Waals surface area contributed by atoms with Gasteiger partial charge in [0.1, 0.15) is 5.75 Å². The third-order valence-corrected chi connectivity index (χ3v) is 3.56. The van der Waals surface area contributed by atoms with Gasteiger partial charge < -0.3 is 19.5 Å². The molecule has 5 heteroatoms. The van der Waals surface area contributed by atoms with E-state index in [9.17, 15) is 4.79 Å². The van der Waals surface area contributed by atoms with Crippen LogP contribution in [0.3, 0.4) is 0 Å². The van der Waals surface area contributed by atoms with Crippen LogP contribution in [0.25, 0.3) is 0 Å². The summed E-state index contributed by atoms with van der Waals surface area (Å²) in [6.45, 7) is 0. The molecule has 0 saturated carbocycles. The van der Waals surface area contributed by atoms with Crippen LogP contribution >= 0.6 is 0 Å². The summed E-state index contributed by atoms with van der Waals surface area (Å²) in [5, 5.41) is 3.33. The van der Waals surface area contributed by atoms with Gasteiger partial charge in [-0.3, -0.25) is 0 Å². The molecular weight excluding hydrogens is 294 g/mol. The molecular formula is C18H21NO4. The van der Waals surface area contributed by atoms with Crippen LogP contribution in [-0.4, -0.2) is 33.4 Å². The predicted molar refractivity (Wildman–Crippen MR) is 88.6 cm³/mol. The molecule has 0 saturated heterocycles. The van der Waals surface area contributed by atoms with E-state index in [1.807, 2.05) is 54.6 Å². The van der Waals surface area contributed by atoms with Crippen molar-refractivity contribution in [2.75, 3.05) is 26.6 Å². The maximum atomic E-state index is 12.0. The topological polar surface area (TPSA) is 56.8 Å². The number of hydrogen-bond donors (Lipinski definition) is 1. The van der Waals surface area contributed by atoms with Gasteiger partial charge >= 0.3 is 5.97 Å². The normalized spacial score (nSPS) is 13.0. The minimum absolute atomic E-state index is 0.373. The van der Waals surface area contributed by atoms with Crippen LogP contribution in [0.1, 0.15) is 11.6 Å². The van der Waals surface area contributed by atoms with Crippen molar-refractivity contribution < 1.29 is 19.0 Å². The Morgan fingerprint density at radius 3 is 2.13 bits per heavy atom. The van der Waals surface area contributed by atoms with E-state index in [1.54, 1.807) is 7.11 Å². The number of carbonyl (C=O) groups excluding carboxylic acids is 1. The van der Waals surface area contributed by atoms with E-state index in [1.165, 1.54) is 14.2 Å². The first-order valence-electron chi connectivity index (χ1n) is 7.25. The number of hydrogen-bond acceptors (Lipinski definition) is 5. The zero-order valence-corrected chi connectivity index (χ0v) is 13.5. The summed E-state index contributed by atoms with van der Waals surface area (Å²) in [5.74, 6) is 0.338. The van der Waals surface area contributed by atoms with E-state index in [0.29, 0.717) is 0 Å². The fraction of sp³-hybridized carbons (Fsp3) is 0.278. The van der Waals surface area contributed by atoms with Gasteiger partial charge in [-0.25, -0.2) is 4.79 Å². The number of esters is 1. The average Bonchev–Trinajstić information content (AvgIpc) is 2.62. The van der Waals surface area contributed by atoms with Crippen molar-refractivity contribution in [2.24, 2.45) is 0 Å². The highest BCUT2D eigenvalue weighted by Gasteiger charge is 2.30. The summed E-state index contributed by atoms with van der Waals surface area (Å²) in [6, 6.07) is 16.7. The van der Waals surface area contributed by atoms with Gasteiger partial charge in [0.05, 0.1) is 20.3 Å². The first-order chi connectivity index (χ1) is 11.2. The van der Waals surface area contributed by atoms with Crippen molar-refractivity contribution in [2.45, 2.75) is 12.1 Å². The van der Waals surface area contributed by atoms with Gasteiger partial charge in [-0.05, 0) is 29.8 Å². The number of nitrogens with one attached hydrogen (secondary N) is 1. The maximum Gasteiger partial charge on any atom is 0.337 e. The van der Waals surface area contributed by atoms with Crippen LogP contribution in [0, 0.1) is 0 Å². The first kappa shape index (κ1) is 16.8. The highest BCUT2D eigenvalue weighted by molar-refractivity contribution is 5.76. The minimum Gasteiger partial charge on any atom is -0.497 e. The largest absolute Gasteiger partial charge is 0.497 e. The van der Waals surface area contributed by atoms with Crippen molar-refractivity contribution in [1.29, 1.82) is 0 Å². The standard InChI is InChI=1S/C18H21NO4/c1-21-15-11-9-14(10-12-15)19-16(13-7-5-4-6-8-13)17(22-2)18(20)23-3/h4-12,16-17,19H,1-3H3/t16-,17-/m0/s1. The predicted octanol–water partition coefficient (Wildman–Crippen LogP) is 3.04. The second-order valence-corrected chi connectivity index (χ2v) is 4.94. The third kappa shape index (κ3) is 4.23. The van der Waals surface area contributed by atoms with Crippen LogP contribution in [0.4, 0.5) is 5.69 Å². The van der Waals surface area contributed by atoms with Gasteiger partial charge in [0.25, 0.3) is 0 Å². The Morgan fingerprint density at radius 1 is 0.957 bits per heavy atom. The lowest BCUT2D eigenvalue weighted by Gasteiger charge is -2.26. The molecule has 0 aromatic heterocycles. The van der Waals surface area contributed by atoms with Gasteiger partial charge in [-0.15, -0.1) is 0 Å². The van der Waals surface area contributed by atoms with Crippen molar-refractivity contribution in [3.05, 3.63) is 60.2 Å². The van der Waals surface area contributed by atoms with Gasteiger partial charge in [0.2, 0.25) is 0 Å². The number of carbonyl (C=O) groups is 1. The van der Waals surface area contributed by atoms with Crippen LogP contribution in [-0.2, 0) is 14.3 Å². The maximum absolute atomic E-state index is 12.0. The smallest absolute Gasteiger partial charge is 0.337 e. The van der Waals surface area contributed by atoms with Crippen molar-refractivity contribution >= 4 is 11.7 Å². The highest BCUT2D eigenvalue weighted by Crippen LogP contribution is 2.26. The summed E-state index contributed by atoms with van der Waals surface area (Å²) in [6.07, 6.45) is -0.760. The van der Waals surface area contributed by atoms with Crippen molar-refractivity contribution in [3.63, 3.8) is 0 Å². The first-order valence-corrected chi connectivity index (χ1v) is 7.25. The summed E-state index contributed by atoms with van der Waals surface area (Å²) >= 11 is 0. The van der Waals surface area contributed by atoms with Gasteiger partial charge in [-0.2, -0.15) is 0 Å². The Labute approximate surface area is 136 Å². The fourth-order valence-corrected chi connectivity index (χ4v) is 2.35. The Morgan fingerprint density at radius 2 is 1.61 bits per heavy atom. The molecule has 2 aromatic rings. The molecule has 2 rings (SSSR count). The molecule has 0 fully saturated rings. The minimum atomic E-state index is -0.760. The van der Waals surface area contributed by atoms with Crippen LogP contribution < -0.4 is 10.1 Å². The SMILES string of the molecule is COC(=O)[C@@H](OC)[C@@H](Nc1ccc(OC)cc1)c1ccccc1. The number of benzene rings is 2. The summed E-state index contributed by atoms with van der Waals surface area (Å²) in [5.41, 5.74) is 1.78. The quantitative estimate of drug-likeness (QED) is 0.796. The third-order valence-electron chi connectivity index (χ3n) is 3.56. The molecule has 2 atom stereocenters. The lowest BCUT2D eigenvalue weighted by molar-refractivity contribution is -0.153. The monoisotopic (exact) mass is 315 g/mol. The number of rotatable bonds is 7.